The lowest BCUT2D eigenvalue weighted by molar-refractivity contribution is -0.115. The van der Waals surface area contributed by atoms with Crippen molar-refractivity contribution in [2.24, 2.45) is 0 Å². The largest absolute Gasteiger partial charge is 0.475 e. The third-order valence-electron chi connectivity index (χ3n) is 4.57. The monoisotopic (exact) mass is 443 g/mol. The Kier molecular flexibility index (Phi) is 6.57. The Morgan fingerprint density at radius 1 is 1.06 bits per heavy atom. The molecule has 2 aliphatic heterocycles. The molecule has 0 radical (unpaired) electrons. The average Bonchev–Trinajstić information content (AvgIpc) is 3.11. The number of piperazine rings is 1. The second-order valence-electron chi connectivity index (χ2n) is 6.65. The quantitative estimate of drug-likeness (QED) is 0.486. The van der Waals surface area contributed by atoms with Crippen LogP contribution in [0.1, 0.15) is 5.69 Å². The maximum atomic E-state index is 11.9. The van der Waals surface area contributed by atoms with Gasteiger partial charge in [0.2, 0.25) is 17.8 Å². The molecule has 11 nitrogen and oxygen atoms in total. The average molecular weight is 443 g/mol. The fourth-order valence-electron chi connectivity index (χ4n) is 3.07. The van der Waals surface area contributed by atoms with Crippen molar-refractivity contribution in [2.45, 2.75) is 0 Å². The van der Waals surface area contributed by atoms with Gasteiger partial charge in [-0.3, -0.25) is 14.9 Å². The van der Waals surface area contributed by atoms with Gasteiger partial charge in [0.05, 0.1) is 17.2 Å². The molecule has 0 unspecified atom stereocenters. The van der Waals surface area contributed by atoms with Crippen LogP contribution in [0.4, 0.5) is 16.7 Å². The molecule has 2 saturated heterocycles. The smallest absolute Gasteiger partial charge is 0.290 e. The fraction of sp³-hybridized carbons (Fsp3) is 0.368. The molecule has 4 rings (SSSR count). The number of thioether (sulfide) groups is 1. The molecule has 0 bridgehead atoms. The first kappa shape index (κ1) is 21.0. The summed E-state index contributed by atoms with van der Waals surface area (Å²) in [6.07, 6.45) is 5.01. The molecule has 162 valence electrons. The minimum atomic E-state index is -0.437. The Labute approximate surface area is 182 Å². The first-order valence-corrected chi connectivity index (χ1v) is 10.5. The van der Waals surface area contributed by atoms with Crippen molar-refractivity contribution in [1.82, 2.24) is 25.3 Å². The van der Waals surface area contributed by atoms with E-state index in [0.29, 0.717) is 62.9 Å². The van der Waals surface area contributed by atoms with Crippen molar-refractivity contribution in [3.63, 3.8) is 0 Å². The van der Waals surface area contributed by atoms with Crippen LogP contribution in [0.25, 0.3) is 6.08 Å². The Hall–Kier alpha value is -3.25. The second kappa shape index (κ2) is 9.71. The highest BCUT2D eigenvalue weighted by atomic mass is 32.2. The topological polar surface area (TPSA) is 123 Å². The molecule has 2 fully saturated rings. The number of hydrogen-bond acceptors (Lipinski definition) is 11. The Balaban J connectivity index is 1.53. The summed E-state index contributed by atoms with van der Waals surface area (Å²) < 4.78 is 10.7. The summed E-state index contributed by atoms with van der Waals surface area (Å²) in [5, 5.41) is 1.84. The summed E-state index contributed by atoms with van der Waals surface area (Å²) in [7, 11) is 1.59. The number of carbonyl (C=O) groups excluding carboxylic acids is 2. The minimum Gasteiger partial charge on any atom is -0.475 e. The van der Waals surface area contributed by atoms with Gasteiger partial charge in [-0.1, -0.05) is 0 Å². The number of amides is 2. The molecule has 2 amide bonds. The van der Waals surface area contributed by atoms with Gasteiger partial charge < -0.3 is 19.3 Å². The standard InChI is InChI=1S/C19H21N7O4S/c1-29-9-10-30-15-12-13(11-14-16(27)24-19(28)31-14)22-18(23-15)26-7-5-25(6-8-26)17-20-3-2-4-21-17/h2-4,11-12H,5-10H2,1H3,(H,24,27,28). The van der Waals surface area contributed by atoms with E-state index >= 15 is 0 Å². The predicted octanol–water partition coefficient (Wildman–Crippen LogP) is 0.942. The molecular formula is C19H21N7O4S. The van der Waals surface area contributed by atoms with E-state index in [2.05, 4.69) is 30.2 Å². The first-order valence-electron chi connectivity index (χ1n) is 9.65. The molecule has 4 heterocycles. The highest BCUT2D eigenvalue weighted by molar-refractivity contribution is 8.18. The molecule has 1 N–H and O–H groups in total. The molecule has 0 atom stereocenters. The molecular weight excluding hydrogens is 422 g/mol. The molecule has 2 aliphatic rings. The molecule has 2 aromatic heterocycles. The van der Waals surface area contributed by atoms with Crippen molar-refractivity contribution in [2.75, 3.05) is 56.3 Å². The molecule has 0 saturated carbocycles. The summed E-state index contributed by atoms with van der Waals surface area (Å²) in [6, 6.07) is 3.42. The zero-order valence-electron chi connectivity index (χ0n) is 16.9. The fourth-order valence-corrected chi connectivity index (χ4v) is 3.73. The number of carbonyl (C=O) groups is 2. The van der Waals surface area contributed by atoms with Crippen LogP contribution in [-0.2, 0) is 9.53 Å². The zero-order chi connectivity index (χ0) is 21.6. The van der Waals surface area contributed by atoms with E-state index in [1.165, 1.54) is 0 Å². The summed E-state index contributed by atoms with van der Waals surface area (Å²) in [5.74, 6) is 1.12. The highest BCUT2D eigenvalue weighted by Gasteiger charge is 2.26. The number of methoxy groups -OCH3 is 1. The number of aromatic nitrogens is 4. The molecule has 12 heteroatoms. The van der Waals surface area contributed by atoms with Crippen LogP contribution in [0, 0.1) is 0 Å². The minimum absolute atomic E-state index is 0.281. The summed E-state index contributed by atoms with van der Waals surface area (Å²) in [6.45, 7) is 3.51. The van der Waals surface area contributed by atoms with Gasteiger partial charge in [0.1, 0.15) is 6.61 Å². The van der Waals surface area contributed by atoms with Crippen LogP contribution in [0.2, 0.25) is 0 Å². The first-order chi connectivity index (χ1) is 15.1. The van der Waals surface area contributed by atoms with E-state index in [4.69, 9.17) is 9.47 Å². The third kappa shape index (κ3) is 5.27. The number of nitrogens with zero attached hydrogens (tertiary/aromatic N) is 6. The van der Waals surface area contributed by atoms with E-state index < -0.39 is 11.1 Å². The predicted molar refractivity (Wildman–Crippen MR) is 115 cm³/mol. The van der Waals surface area contributed by atoms with Gasteiger partial charge in [-0.2, -0.15) is 4.98 Å². The SMILES string of the molecule is COCCOc1cc(C=C2SC(=O)NC2=O)nc(N2CCN(c3ncccn3)CC2)n1. The van der Waals surface area contributed by atoms with Crippen LogP contribution < -0.4 is 19.9 Å². The number of anilines is 2. The summed E-state index contributed by atoms with van der Waals surface area (Å²) in [5.41, 5.74) is 0.485. The number of imide groups is 1. The lowest BCUT2D eigenvalue weighted by Crippen LogP contribution is -2.47. The van der Waals surface area contributed by atoms with Crippen molar-refractivity contribution in [1.29, 1.82) is 0 Å². The molecule has 2 aromatic rings. The van der Waals surface area contributed by atoms with E-state index in [1.807, 2.05) is 4.90 Å². The number of ether oxygens (including phenoxy) is 2. The lowest BCUT2D eigenvalue weighted by Gasteiger charge is -2.34. The van der Waals surface area contributed by atoms with Crippen LogP contribution >= 0.6 is 11.8 Å². The molecule has 0 spiro atoms. The van der Waals surface area contributed by atoms with Gasteiger partial charge >= 0.3 is 0 Å². The number of hydrogen-bond donors (Lipinski definition) is 1. The highest BCUT2D eigenvalue weighted by Crippen LogP contribution is 2.27. The van der Waals surface area contributed by atoms with Gasteiger partial charge in [0.25, 0.3) is 11.1 Å². The van der Waals surface area contributed by atoms with Crippen molar-refractivity contribution in [3.05, 3.63) is 35.1 Å². The van der Waals surface area contributed by atoms with Crippen molar-refractivity contribution < 1.29 is 19.1 Å². The van der Waals surface area contributed by atoms with Crippen LogP contribution in [0.5, 0.6) is 5.88 Å². The van der Waals surface area contributed by atoms with E-state index in [9.17, 15) is 9.59 Å². The molecule has 0 aliphatic carbocycles. The lowest BCUT2D eigenvalue weighted by atomic mass is 10.3. The van der Waals surface area contributed by atoms with Gasteiger partial charge in [0.15, 0.2) is 0 Å². The maximum Gasteiger partial charge on any atom is 0.290 e. The van der Waals surface area contributed by atoms with Crippen LogP contribution in [0.15, 0.2) is 29.4 Å². The Bertz CT molecular complexity index is 980. The van der Waals surface area contributed by atoms with Gasteiger partial charge in [0, 0.05) is 51.7 Å². The van der Waals surface area contributed by atoms with Crippen molar-refractivity contribution in [3.8, 4) is 5.88 Å². The van der Waals surface area contributed by atoms with E-state index in [1.54, 1.807) is 37.7 Å². The Morgan fingerprint density at radius 3 is 2.42 bits per heavy atom. The van der Waals surface area contributed by atoms with Gasteiger partial charge in [-0.15, -0.1) is 0 Å². The van der Waals surface area contributed by atoms with Crippen LogP contribution in [0.3, 0.4) is 0 Å². The Morgan fingerprint density at radius 2 is 1.77 bits per heavy atom. The second-order valence-corrected chi connectivity index (χ2v) is 7.66. The van der Waals surface area contributed by atoms with Crippen molar-refractivity contribution >= 4 is 40.9 Å². The number of rotatable bonds is 7. The van der Waals surface area contributed by atoms with E-state index in [0.717, 1.165) is 11.8 Å². The van der Waals surface area contributed by atoms with Gasteiger partial charge in [-0.25, -0.2) is 15.0 Å². The normalized spacial score (nSPS) is 17.9. The maximum absolute atomic E-state index is 11.9. The van der Waals surface area contributed by atoms with Gasteiger partial charge in [-0.05, 0) is 23.9 Å². The third-order valence-corrected chi connectivity index (χ3v) is 5.38. The van der Waals surface area contributed by atoms with Crippen LogP contribution in [-0.4, -0.2) is 77.6 Å². The van der Waals surface area contributed by atoms with E-state index in [-0.39, 0.29) is 4.91 Å². The summed E-state index contributed by atoms with van der Waals surface area (Å²) in [4.78, 5) is 45.5. The molecule has 0 aromatic carbocycles. The summed E-state index contributed by atoms with van der Waals surface area (Å²) >= 11 is 0.841. The molecule has 31 heavy (non-hydrogen) atoms. The number of nitrogens with one attached hydrogen (secondary N) is 1. The zero-order valence-corrected chi connectivity index (χ0v) is 17.7.